The molecule has 0 aliphatic carbocycles. The minimum absolute atomic E-state index is 0.00467. The third-order valence-electron chi connectivity index (χ3n) is 13.2. The van der Waals surface area contributed by atoms with E-state index in [-0.39, 0.29) is 71.4 Å². The number of rotatable bonds is 28. The van der Waals surface area contributed by atoms with Crippen molar-refractivity contribution >= 4 is 57.2 Å². The van der Waals surface area contributed by atoms with Crippen molar-refractivity contribution in [1.82, 2.24) is 35.4 Å². The van der Waals surface area contributed by atoms with Gasteiger partial charge in [0.25, 0.3) is 10.0 Å². The second-order valence-corrected chi connectivity index (χ2v) is 21.4. The van der Waals surface area contributed by atoms with Crippen LogP contribution in [0.15, 0.2) is 29.2 Å². The molecule has 1 aliphatic heterocycles. The molecular weight excluding hydrogens is 925 g/mol. The number of nitrogens with zero attached hydrogens (tertiary/aromatic N) is 3. The number of nitrogens with one attached hydrogen (secondary N) is 5. The first-order valence-electron chi connectivity index (χ1n) is 24.3. The Morgan fingerprint density at radius 2 is 1.44 bits per heavy atom. The van der Waals surface area contributed by atoms with Crippen molar-refractivity contribution in [3.63, 3.8) is 0 Å². The second-order valence-electron chi connectivity index (χ2n) is 19.7. The molecule has 0 unspecified atom stereocenters. The molecule has 22 heteroatoms. The quantitative estimate of drug-likeness (QED) is 0.0592. The van der Waals surface area contributed by atoms with Gasteiger partial charge in [-0.1, -0.05) is 68.7 Å². The van der Waals surface area contributed by atoms with Crippen LogP contribution in [0.25, 0.3) is 0 Å². The molecule has 9 N–H and O–H groups in total. The smallest absolute Gasteiger partial charge is 0.312 e. The molecular formula is C48H84N10O11S. The Bertz CT molecular complexity index is 2010. The number of primary amides is 1. The Balaban J connectivity index is 2.25. The number of carbonyl (C=O) groups is 7. The number of benzene rings is 1. The topological polar surface area (TPSA) is 294 Å². The SMILES string of the molecule is CC[C@@H](C)[C@@H]([C@@H](CC(=O)N1CCC[C@H]1[C@H](OC)[C@@H](C)C(=O)NS(=O)(=O)c1ccc(NC(=O)[C@H](CCCNC(N)=O)NC(=O)[C@@H](N)C(C)C)cc1)OC)N(C)C(=O)[C@@H](NC(=O)[C@H](C(C)C)N(C)C)C(C)C. The summed E-state index contributed by atoms with van der Waals surface area (Å²) in [6.07, 6.45) is 0.401. The molecule has 0 bridgehead atoms. The van der Waals surface area contributed by atoms with Gasteiger partial charge in [0.15, 0.2) is 0 Å². The first kappa shape index (κ1) is 61.2. The van der Waals surface area contributed by atoms with Gasteiger partial charge in [-0.15, -0.1) is 0 Å². The van der Waals surface area contributed by atoms with Gasteiger partial charge in [0, 0.05) is 40.0 Å². The number of carbonyl (C=O) groups excluding carboxylic acids is 7. The van der Waals surface area contributed by atoms with Crippen molar-refractivity contribution in [3.8, 4) is 0 Å². The predicted octanol–water partition coefficient (Wildman–Crippen LogP) is 1.99. The van der Waals surface area contributed by atoms with E-state index >= 15 is 0 Å². The van der Waals surface area contributed by atoms with Gasteiger partial charge in [0.1, 0.15) is 12.1 Å². The lowest BCUT2D eigenvalue weighted by atomic mass is 9.89. The van der Waals surface area contributed by atoms with Crippen molar-refractivity contribution in [2.24, 2.45) is 41.1 Å². The number of likely N-dealkylation sites (N-methyl/N-ethyl adjacent to an activating group) is 2. The molecule has 0 spiro atoms. The number of nitrogens with two attached hydrogens (primary N) is 2. The number of hydrogen-bond acceptors (Lipinski definition) is 13. The number of urea groups is 1. The van der Waals surface area contributed by atoms with E-state index in [1.54, 1.807) is 30.7 Å². The maximum Gasteiger partial charge on any atom is 0.312 e. The second kappa shape index (κ2) is 28.2. The molecule has 0 saturated carbocycles. The molecule has 1 aromatic rings. The number of anilines is 1. The third-order valence-corrected chi connectivity index (χ3v) is 14.6. The normalized spacial score (nSPS) is 18.0. The highest BCUT2D eigenvalue weighted by Gasteiger charge is 2.43. The zero-order valence-electron chi connectivity index (χ0n) is 43.9. The highest BCUT2D eigenvalue weighted by Crippen LogP contribution is 2.30. The highest BCUT2D eigenvalue weighted by atomic mass is 32.2. The van der Waals surface area contributed by atoms with Gasteiger partial charge in [-0.05, 0) is 87.7 Å². The van der Waals surface area contributed by atoms with Gasteiger partial charge < -0.3 is 52.0 Å². The van der Waals surface area contributed by atoms with Gasteiger partial charge in [-0.2, -0.15) is 0 Å². The van der Waals surface area contributed by atoms with Crippen LogP contribution in [0.2, 0.25) is 0 Å². The van der Waals surface area contributed by atoms with E-state index in [2.05, 4.69) is 26.0 Å². The first-order valence-corrected chi connectivity index (χ1v) is 25.8. The summed E-state index contributed by atoms with van der Waals surface area (Å²) in [5, 5.41) is 10.7. The van der Waals surface area contributed by atoms with E-state index in [0.29, 0.717) is 32.2 Å². The Hall–Kier alpha value is -4.90. The maximum atomic E-state index is 14.3. The van der Waals surface area contributed by atoms with Crippen LogP contribution in [-0.4, -0.2) is 162 Å². The fourth-order valence-corrected chi connectivity index (χ4v) is 10.1. The van der Waals surface area contributed by atoms with Gasteiger partial charge in [-0.25, -0.2) is 17.9 Å². The Morgan fingerprint density at radius 1 is 0.829 bits per heavy atom. The van der Waals surface area contributed by atoms with Gasteiger partial charge in [-0.3, -0.25) is 33.7 Å². The van der Waals surface area contributed by atoms with Gasteiger partial charge in [0.05, 0.1) is 53.6 Å². The molecule has 0 radical (unpaired) electrons. The average Bonchev–Trinajstić information content (AvgIpc) is 3.77. The van der Waals surface area contributed by atoms with Crippen LogP contribution in [0, 0.1) is 29.6 Å². The summed E-state index contributed by atoms with van der Waals surface area (Å²) < 4.78 is 41.1. The number of hydrogen-bond donors (Lipinski definition) is 7. The number of sulfonamides is 1. The molecule has 10 atom stereocenters. The van der Waals surface area contributed by atoms with Crippen molar-refractivity contribution in [2.45, 2.75) is 154 Å². The van der Waals surface area contributed by atoms with Crippen molar-refractivity contribution in [3.05, 3.63) is 24.3 Å². The summed E-state index contributed by atoms with van der Waals surface area (Å²) in [5.41, 5.74) is 11.3. The summed E-state index contributed by atoms with van der Waals surface area (Å²) in [6, 6.07) is -0.0363. The average molecular weight is 1010 g/mol. The Kier molecular flexibility index (Phi) is 24.7. The highest BCUT2D eigenvalue weighted by molar-refractivity contribution is 7.90. The third kappa shape index (κ3) is 17.2. The maximum absolute atomic E-state index is 14.3. The summed E-state index contributed by atoms with van der Waals surface area (Å²) in [4.78, 5) is 97.8. The standard InChI is InChI=1S/C48H84N10O11S/c1-15-30(8)41(57(12)47(64)39(28(4)5)54-46(63)40(29(6)7)56(10)11)36(68-13)26-37(59)58-25-17-19-35(58)42(69-14)31(9)43(60)55-70(66,67)33-22-20-32(21-23-33)52-44(61)34(18-16-24-51-48(50)65)53-45(62)38(49)27(2)3/h20-23,27-31,34-36,38-42H,15-19,24-26,49H2,1-14H3,(H,52,61)(H,53,62)(H,54,63)(H,55,60)(H3,50,51,65)/t30-,31-,34+,35+,36-,38+,39+,40+,41+,42-/m1/s1. The van der Waals surface area contributed by atoms with Crippen LogP contribution < -0.4 is 37.5 Å². The van der Waals surface area contributed by atoms with E-state index in [9.17, 15) is 42.0 Å². The Labute approximate surface area is 416 Å². The molecule has 1 aliphatic rings. The molecule has 2 rings (SSSR count). The molecule has 21 nitrogen and oxygen atoms in total. The predicted molar refractivity (Wildman–Crippen MR) is 267 cm³/mol. The molecule has 398 valence electrons. The first-order chi connectivity index (χ1) is 32.6. The van der Waals surface area contributed by atoms with Gasteiger partial charge in [0.2, 0.25) is 35.4 Å². The van der Waals surface area contributed by atoms with Crippen LogP contribution in [0.4, 0.5) is 10.5 Å². The van der Waals surface area contributed by atoms with Crippen molar-refractivity contribution in [2.75, 3.05) is 53.8 Å². The van der Waals surface area contributed by atoms with E-state index in [0.717, 1.165) is 0 Å². The van der Waals surface area contributed by atoms with E-state index in [4.69, 9.17) is 20.9 Å². The zero-order chi connectivity index (χ0) is 53.4. The van der Waals surface area contributed by atoms with E-state index in [1.165, 1.54) is 45.4 Å². The minimum Gasteiger partial charge on any atom is -0.379 e. The molecule has 1 saturated heterocycles. The lowest BCUT2D eigenvalue weighted by Gasteiger charge is -2.41. The summed E-state index contributed by atoms with van der Waals surface area (Å²) in [6.45, 7) is 17.2. The van der Waals surface area contributed by atoms with E-state index < -0.39 is 88.2 Å². The zero-order valence-corrected chi connectivity index (χ0v) is 44.7. The Morgan fingerprint density at radius 3 is 1.94 bits per heavy atom. The van der Waals surface area contributed by atoms with Crippen LogP contribution in [-0.2, 0) is 48.3 Å². The summed E-state index contributed by atoms with van der Waals surface area (Å²) in [7, 11) is 3.77. The molecule has 70 heavy (non-hydrogen) atoms. The fraction of sp³-hybridized carbons (Fsp3) is 0.729. The number of amides is 8. The van der Waals surface area contributed by atoms with Crippen LogP contribution in [0.5, 0.6) is 0 Å². The number of methoxy groups -OCH3 is 2. The number of ether oxygens (including phenoxy) is 2. The number of likely N-dealkylation sites (tertiary alicyclic amines) is 1. The van der Waals surface area contributed by atoms with Crippen LogP contribution in [0.1, 0.15) is 101 Å². The summed E-state index contributed by atoms with van der Waals surface area (Å²) in [5.74, 6) is -4.48. The largest absolute Gasteiger partial charge is 0.379 e. The van der Waals surface area contributed by atoms with Gasteiger partial charge >= 0.3 is 6.03 Å². The van der Waals surface area contributed by atoms with Crippen molar-refractivity contribution < 1.29 is 51.5 Å². The lowest BCUT2D eigenvalue weighted by Crippen LogP contribution is -2.59. The monoisotopic (exact) mass is 1010 g/mol. The summed E-state index contributed by atoms with van der Waals surface area (Å²) >= 11 is 0. The molecule has 8 amide bonds. The fourth-order valence-electron chi connectivity index (χ4n) is 9.00. The van der Waals surface area contributed by atoms with E-state index in [1.807, 2.05) is 60.5 Å². The van der Waals surface area contributed by atoms with Crippen molar-refractivity contribution in [1.29, 1.82) is 0 Å². The molecule has 1 fully saturated rings. The van der Waals surface area contributed by atoms with Crippen LogP contribution >= 0.6 is 0 Å². The molecule has 0 aromatic heterocycles. The minimum atomic E-state index is -4.44. The van der Waals surface area contributed by atoms with Crippen LogP contribution in [0.3, 0.4) is 0 Å². The molecule has 1 heterocycles. The lowest BCUT2D eigenvalue weighted by molar-refractivity contribution is -0.148. The molecule has 1 aromatic carbocycles.